The number of nitrogens with two attached hydrogens (primary N) is 1. The Balaban J connectivity index is 1.97. The lowest BCUT2D eigenvalue weighted by Crippen LogP contribution is -2.84. The molecule has 1 aromatic rings. The van der Waals surface area contributed by atoms with Crippen molar-refractivity contribution in [3.8, 4) is 5.75 Å². The second-order valence-corrected chi connectivity index (χ2v) is 5.52. The standard InChI is InChI=1S/C14H19Cl2NO2/c1-2-18-14-10(6-11(15)7-13(14)16)8-17-9-12-4-3-5-19-12/h6-7,12,17H,2-5,8-9H2,1H3/p+1/t12-/m0/s1. The SMILES string of the molecule is CCOc1c(Cl)cc(Cl)cc1C[NH2+]C[C@@H]1CCCO1. The quantitative estimate of drug-likeness (QED) is 0.877. The summed E-state index contributed by atoms with van der Waals surface area (Å²) in [6, 6.07) is 3.64. The van der Waals surface area contributed by atoms with Gasteiger partial charge in [0.25, 0.3) is 0 Å². The van der Waals surface area contributed by atoms with E-state index in [9.17, 15) is 0 Å². The summed E-state index contributed by atoms with van der Waals surface area (Å²) in [5.74, 6) is 0.747. The summed E-state index contributed by atoms with van der Waals surface area (Å²) in [6.07, 6.45) is 2.71. The fourth-order valence-corrected chi connectivity index (χ4v) is 2.92. The Morgan fingerprint density at radius 2 is 2.26 bits per heavy atom. The summed E-state index contributed by atoms with van der Waals surface area (Å²) in [4.78, 5) is 0. The Bertz CT molecular complexity index is 420. The topological polar surface area (TPSA) is 35.1 Å². The van der Waals surface area contributed by atoms with Crippen LogP contribution in [0.25, 0.3) is 0 Å². The second-order valence-electron chi connectivity index (χ2n) is 4.67. The third-order valence-electron chi connectivity index (χ3n) is 3.19. The van der Waals surface area contributed by atoms with E-state index in [2.05, 4.69) is 5.32 Å². The molecule has 1 fully saturated rings. The van der Waals surface area contributed by atoms with Crippen LogP contribution in [0.15, 0.2) is 12.1 Å². The molecule has 1 saturated heterocycles. The first kappa shape index (κ1) is 14.9. The van der Waals surface area contributed by atoms with Gasteiger partial charge in [-0.25, -0.2) is 0 Å². The third kappa shape index (κ3) is 4.25. The predicted molar refractivity (Wildman–Crippen MR) is 77.1 cm³/mol. The summed E-state index contributed by atoms with van der Waals surface area (Å²) in [5.41, 5.74) is 1.04. The summed E-state index contributed by atoms with van der Waals surface area (Å²) in [5, 5.41) is 3.45. The van der Waals surface area contributed by atoms with Gasteiger partial charge in [0.05, 0.1) is 17.2 Å². The number of halogens is 2. The first-order valence-electron chi connectivity index (χ1n) is 6.74. The van der Waals surface area contributed by atoms with E-state index >= 15 is 0 Å². The Morgan fingerprint density at radius 3 is 2.95 bits per heavy atom. The van der Waals surface area contributed by atoms with Crippen molar-refractivity contribution < 1.29 is 14.8 Å². The van der Waals surface area contributed by atoms with E-state index < -0.39 is 0 Å². The molecule has 19 heavy (non-hydrogen) atoms. The average Bonchev–Trinajstić information content (AvgIpc) is 2.86. The van der Waals surface area contributed by atoms with Gasteiger partial charge < -0.3 is 14.8 Å². The molecular formula is C14H20Cl2NO2+. The van der Waals surface area contributed by atoms with E-state index in [1.807, 2.05) is 13.0 Å². The van der Waals surface area contributed by atoms with Crippen molar-refractivity contribution in [3.05, 3.63) is 27.7 Å². The highest BCUT2D eigenvalue weighted by Crippen LogP contribution is 2.32. The smallest absolute Gasteiger partial charge is 0.146 e. The Kier molecular flexibility index (Phi) is 5.76. The van der Waals surface area contributed by atoms with Crippen LogP contribution in [0.1, 0.15) is 25.3 Å². The predicted octanol–water partition coefficient (Wildman–Crippen LogP) is 2.63. The van der Waals surface area contributed by atoms with Crippen molar-refractivity contribution in [1.82, 2.24) is 0 Å². The molecule has 5 heteroatoms. The molecule has 1 atom stereocenters. The molecule has 1 aliphatic heterocycles. The van der Waals surface area contributed by atoms with Crippen LogP contribution >= 0.6 is 23.2 Å². The molecule has 0 amide bonds. The van der Waals surface area contributed by atoms with Crippen LogP contribution in [-0.4, -0.2) is 25.9 Å². The van der Waals surface area contributed by atoms with Crippen molar-refractivity contribution in [2.45, 2.75) is 32.4 Å². The van der Waals surface area contributed by atoms with Gasteiger partial charge in [-0.3, -0.25) is 0 Å². The van der Waals surface area contributed by atoms with Crippen molar-refractivity contribution >= 4 is 23.2 Å². The maximum atomic E-state index is 6.17. The van der Waals surface area contributed by atoms with Crippen LogP contribution in [0.3, 0.4) is 0 Å². The lowest BCUT2D eigenvalue weighted by molar-refractivity contribution is -0.676. The monoisotopic (exact) mass is 304 g/mol. The lowest BCUT2D eigenvalue weighted by Gasteiger charge is -2.13. The molecule has 0 aromatic heterocycles. The molecule has 1 heterocycles. The largest absolute Gasteiger partial charge is 0.492 e. The van der Waals surface area contributed by atoms with E-state index in [-0.39, 0.29) is 0 Å². The van der Waals surface area contributed by atoms with Gasteiger partial charge in [-0.05, 0) is 31.9 Å². The molecule has 0 aliphatic carbocycles. The van der Waals surface area contributed by atoms with Crippen LogP contribution in [0, 0.1) is 0 Å². The minimum absolute atomic E-state index is 0.380. The van der Waals surface area contributed by atoms with Gasteiger partial charge in [0.1, 0.15) is 24.9 Å². The van der Waals surface area contributed by atoms with Crippen molar-refractivity contribution in [3.63, 3.8) is 0 Å². The molecule has 2 N–H and O–H groups in total. The molecule has 0 bridgehead atoms. The van der Waals surface area contributed by atoms with Gasteiger partial charge >= 0.3 is 0 Å². The zero-order valence-corrected chi connectivity index (χ0v) is 12.6. The molecular weight excluding hydrogens is 285 g/mol. The number of hydrogen-bond donors (Lipinski definition) is 1. The molecule has 2 rings (SSSR count). The van der Waals surface area contributed by atoms with Gasteiger partial charge in [0.15, 0.2) is 0 Å². The minimum atomic E-state index is 0.380. The highest BCUT2D eigenvalue weighted by atomic mass is 35.5. The van der Waals surface area contributed by atoms with Crippen molar-refractivity contribution in [2.75, 3.05) is 19.8 Å². The number of rotatable bonds is 6. The Hall–Kier alpha value is -0.480. The fraction of sp³-hybridized carbons (Fsp3) is 0.571. The van der Waals surface area contributed by atoms with E-state index in [0.29, 0.717) is 22.8 Å². The zero-order valence-electron chi connectivity index (χ0n) is 11.1. The third-order valence-corrected chi connectivity index (χ3v) is 3.69. The summed E-state index contributed by atoms with van der Waals surface area (Å²) in [7, 11) is 0. The van der Waals surface area contributed by atoms with Crippen molar-refractivity contribution in [1.29, 1.82) is 0 Å². The highest BCUT2D eigenvalue weighted by Gasteiger charge is 2.18. The van der Waals surface area contributed by atoms with Crippen LogP contribution in [-0.2, 0) is 11.3 Å². The van der Waals surface area contributed by atoms with Crippen LogP contribution < -0.4 is 10.1 Å². The number of hydrogen-bond acceptors (Lipinski definition) is 2. The molecule has 1 aromatic carbocycles. The summed E-state index contributed by atoms with van der Waals surface area (Å²) in [6.45, 7) is 5.21. The lowest BCUT2D eigenvalue weighted by atomic mass is 10.2. The molecule has 0 spiro atoms. The number of ether oxygens (including phenoxy) is 2. The highest BCUT2D eigenvalue weighted by molar-refractivity contribution is 6.35. The van der Waals surface area contributed by atoms with Gasteiger partial charge in [0.2, 0.25) is 0 Å². The van der Waals surface area contributed by atoms with Crippen molar-refractivity contribution in [2.24, 2.45) is 0 Å². The van der Waals surface area contributed by atoms with Gasteiger partial charge in [-0.1, -0.05) is 23.2 Å². The Morgan fingerprint density at radius 1 is 1.42 bits per heavy atom. The summed E-state index contributed by atoms with van der Waals surface area (Å²) < 4.78 is 11.2. The van der Waals surface area contributed by atoms with Crippen LogP contribution in [0.5, 0.6) is 5.75 Å². The molecule has 1 aliphatic rings. The molecule has 3 nitrogen and oxygen atoms in total. The normalized spacial score (nSPS) is 18.8. The van der Waals surface area contributed by atoms with E-state index in [0.717, 1.165) is 37.4 Å². The molecule has 106 valence electrons. The number of quaternary nitrogens is 1. The first-order valence-corrected chi connectivity index (χ1v) is 7.50. The van der Waals surface area contributed by atoms with Gasteiger partial charge in [-0.2, -0.15) is 0 Å². The second kappa shape index (κ2) is 7.34. The number of benzene rings is 1. The maximum absolute atomic E-state index is 6.17. The van der Waals surface area contributed by atoms with E-state index in [4.69, 9.17) is 32.7 Å². The summed E-state index contributed by atoms with van der Waals surface area (Å²) >= 11 is 12.2. The maximum Gasteiger partial charge on any atom is 0.146 e. The van der Waals surface area contributed by atoms with Crippen LogP contribution in [0.2, 0.25) is 10.0 Å². The average molecular weight is 305 g/mol. The molecule has 0 radical (unpaired) electrons. The van der Waals surface area contributed by atoms with Crippen LogP contribution in [0.4, 0.5) is 0 Å². The van der Waals surface area contributed by atoms with Gasteiger partial charge in [0, 0.05) is 11.6 Å². The minimum Gasteiger partial charge on any atom is -0.492 e. The van der Waals surface area contributed by atoms with E-state index in [1.165, 1.54) is 6.42 Å². The zero-order chi connectivity index (χ0) is 13.7. The molecule has 0 saturated carbocycles. The van der Waals surface area contributed by atoms with E-state index in [1.54, 1.807) is 6.07 Å². The van der Waals surface area contributed by atoms with Gasteiger partial charge in [-0.15, -0.1) is 0 Å². The Labute approximate surface area is 124 Å². The fourth-order valence-electron chi connectivity index (χ4n) is 2.33. The molecule has 0 unspecified atom stereocenters. The first-order chi connectivity index (χ1) is 9.20.